The maximum absolute atomic E-state index is 12.6. The molecule has 0 N–H and O–H groups in total. The van der Waals surface area contributed by atoms with Crippen LogP contribution in [0.5, 0.6) is 0 Å². The van der Waals surface area contributed by atoms with Gasteiger partial charge in [0.05, 0.1) is 23.5 Å². The van der Waals surface area contributed by atoms with Crippen molar-refractivity contribution in [2.45, 2.75) is 32.7 Å². The van der Waals surface area contributed by atoms with Gasteiger partial charge in [0.25, 0.3) is 5.91 Å². The van der Waals surface area contributed by atoms with E-state index in [0.717, 1.165) is 30.6 Å². The Kier molecular flexibility index (Phi) is 3.68. The van der Waals surface area contributed by atoms with E-state index in [2.05, 4.69) is 15.1 Å². The molecule has 0 spiro atoms. The topological polar surface area (TPSA) is 63.9 Å². The number of aryl methyl sites for hydroxylation is 2. The third-order valence-electron chi connectivity index (χ3n) is 3.93. The summed E-state index contributed by atoms with van der Waals surface area (Å²) in [5, 5.41) is 4.38. The Labute approximate surface area is 123 Å². The molecule has 2 aromatic heterocycles. The fourth-order valence-corrected chi connectivity index (χ4v) is 2.76. The van der Waals surface area contributed by atoms with Crippen molar-refractivity contribution < 1.29 is 4.79 Å². The number of nitrogens with zero attached hydrogens (tertiary/aromatic N) is 5. The van der Waals surface area contributed by atoms with Gasteiger partial charge < -0.3 is 4.90 Å². The van der Waals surface area contributed by atoms with E-state index < -0.39 is 0 Å². The Balaban J connectivity index is 1.77. The second kappa shape index (κ2) is 5.63. The van der Waals surface area contributed by atoms with Crippen molar-refractivity contribution >= 4 is 5.91 Å². The molecule has 0 radical (unpaired) electrons. The Morgan fingerprint density at radius 3 is 2.90 bits per heavy atom. The highest BCUT2D eigenvalue weighted by Crippen LogP contribution is 2.22. The molecule has 1 aliphatic rings. The van der Waals surface area contributed by atoms with Gasteiger partial charge in [-0.15, -0.1) is 0 Å². The van der Waals surface area contributed by atoms with Gasteiger partial charge in [-0.3, -0.25) is 9.48 Å². The number of aromatic nitrogens is 4. The van der Waals surface area contributed by atoms with Crippen LogP contribution >= 0.6 is 0 Å². The lowest BCUT2D eigenvalue weighted by Crippen LogP contribution is -2.41. The van der Waals surface area contributed by atoms with Crippen LogP contribution in [0.4, 0.5) is 0 Å². The smallest absolute Gasteiger partial charge is 0.257 e. The third-order valence-corrected chi connectivity index (χ3v) is 3.93. The van der Waals surface area contributed by atoms with Gasteiger partial charge in [-0.25, -0.2) is 9.97 Å². The minimum atomic E-state index is 0.0154. The summed E-state index contributed by atoms with van der Waals surface area (Å²) in [7, 11) is 0. The summed E-state index contributed by atoms with van der Waals surface area (Å²) in [5.74, 6) is 0.0154. The van der Waals surface area contributed by atoms with Crippen molar-refractivity contribution in [1.82, 2.24) is 24.6 Å². The summed E-state index contributed by atoms with van der Waals surface area (Å²) in [6.07, 6.45) is 9.01. The lowest BCUT2D eigenvalue weighted by Gasteiger charge is -2.33. The predicted molar refractivity (Wildman–Crippen MR) is 77.9 cm³/mol. The summed E-state index contributed by atoms with van der Waals surface area (Å²) >= 11 is 0. The summed E-state index contributed by atoms with van der Waals surface area (Å²) in [6.45, 7) is 5.34. The van der Waals surface area contributed by atoms with Crippen LogP contribution in [0.15, 0.2) is 24.9 Å². The van der Waals surface area contributed by atoms with Gasteiger partial charge in [-0.1, -0.05) is 0 Å². The van der Waals surface area contributed by atoms with E-state index in [-0.39, 0.29) is 11.9 Å². The van der Waals surface area contributed by atoms with Crippen molar-refractivity contribution in [2.75, 3.05) is 13.1 Å². The van der Waals surface area contributed by atoms with Crippen LogP contribution in [0.3, 0.4) is 0 Å². The number of piperidine rings is 1. The fourth-order valence-electron chi connectivity index (χ4n) is 2.76. The summed E-state index contributed by atoms with van der Waals surface area (Å²) in [4.78, 5) is 22.6. The molecular weight excluding hydrogens is 266 g/mol. The number of likely N-dealkylation sites (tertiary alicyclic amines) is 1. The zero-order valence-electron chi connectivity index (χ0n) is 12.4. The van der Waals surface area contributed by atoms with E-state index in [0.29, 0.717) is 12.1 Å². The quantitative estimate of drug-likeness (QED) is 0.843. The number of amides is 1. The Morgan fingerprint density at radius 2 is 2.19 bits per heavy atom. The van der Waals surface area contributed by atoms with Gasteiger partial charge >= 0.3 is 0 Å². The van der Waals surface area contributed by atoms with Crippen LogP contribution in [0.1, 0.15) is 40.5 Å². The van der Waals surface area contributed by atoms with Gasteiger partial charge in [0, 0.05) is 25.5 Å². The first-order chi connectivity index (χ1) is 10.1. The van der Waals surface area contributed by atoms with E-state index >= 15 is 0 Å². The molecule has 0 aromatic carbocycles. The van der Waals surface area contributed by atoms with Gasteiger partial charge in [0.15, 0.2) is 0 Å². The first kappa shape index (κ1) is 13.7. The molecular formula is C15H19N5O. The van der Waals surface area contributed by atoms with E-state index in [1.807, 2.05) is 35.8 Å². The molecule has 2 aromatic rings. The molecule has 0 saturated carbocycles. The third kappa shape index (κ3) is 2.79. The minimum absolute atomic E-state index is 0.0154. The minimum Gasteiger partial charge on any atom is -0.336 e. The average Bonchev–Trinajstić information content (AvgIpc) is 2.94. The first-order valence-corrected chi connectivity index (χ1v) is 7.22. The molecule has 6 nitrogen and oxygen atoms in total. The maximum atomic E-state index is 12.6. The molecule has 1 fully saturated rings. The normalized spacial score (nSPS) is 18.8. The Hall–Kier alpha value is -2.24. The SMILES string of the molecule is Cc1cnn(C2CCCN(C(=O)c3cncnc3C)C2)c1. The molecule has 0 bridgehead atoms. The van der Waals surface area contributed by atoms with Crippen molar-refractivity contribution in [1.29, 1.82) is 0 Å². The van der Waals surface area contributed by atoms with Crippen LogP contribution in [-0.4, -0.2) is 43.6 Å². The Morgan fingerprint density at radius 1 is 1.33 bits per heavy atom. The largest absolute Gasteiger partial charge is 0.336 e. The van der Waals surface area contributed by atoms with Crippen molar-refractivity contribution in [2.24, 2.45) is 0 Å². The highest BCUT2D eigenvalue weighted by molar-refractivity contribution is 5.94. The number of carbonyl (C=O) groups is 1. The van der Waals surface area contributed by atoms with Crippen molar-refractivity contribution in [3.05, 3.63) is 41.7 Å². The van der Waals surface area contributed by atoms with E-state index in [1.165, 1.54) is 6.33 Å². The second-order valence-electron chi connectivity index (χ2n) is 5.57. The number of hydrogen-bond acceptors (Lipinski definition) is 4. The maximum Gasteiger partial charge on any atom is 0.257 e. The molecule has 1 unspecified atom stereocenters. The molecule has 21 heavy (non-hydrogen) atoms. The molecule has 110 valence electrons. The van der Waals surface area contributed by atoms with Crippen LogP contribution in [-0.2, 0) is 0 Å². The Bertz CT molecular complexity index is 651. The molecule has 3 heterocycles. The summed E-state index contributed by atoms with van der Waals surface area (Å²) < 4.78 is 1.98. The van der Waals surface area contributed by atoms with Gasteiger partial charge in [-0.2, -0.15) is 5.10 Å². The van der Waals surface area contributed by atoms with E-state index in [9.17, 15) is 4.79 Å². The van der Waals surface area contributed by atoms with Gasteiger partial charge in [0.2, 0.25) is 0 Å². The molecule has 6 heteroatoms. The molecule has 1 aliphatic heterocycles. The highest BCUT2D eigenvalue weighted by atomic mass is 16.2. The highest BCUT2D eigenvalue weighted by Gasteiger charge is 2.26. The zero-order chi connectivity index (χ0) is 14.8. The zero-order valence-corrected chi connectivity index (χ0v) is 12.4. The lowest BCUT2D eigenvalue weighted by atomic mass is 10.0. The number of carbonyl (C=O) groups excluding carboxylic acids is 1. The summed E-state index contributed by atoms with van der Waals surface area (Å²) in [6, 6.07) is 0.251. The van der Waals surface area contributed by atoms with Crippen LogP contribution in [0.2, 0.25) is 0 Å². The van der Waals surface area contributed by atoms with Gasteiger partial charge in [0.1, 0.15) is 6.33 Å². The second-order valence-corrected chi connectivity index (χ2v) is 5.57. The first-order valence-electron chi connectivity index (χ1n) is 7.22. The van der Waals surface area contributed by atoms with E-state index in [1.54, 1.807) is 6.20 Å². The number of hydrogen-bond donors (Lipinski definition) is 0. The van der Waals surface area contributed by atoms with Crippen LogP contribution < -0.4 is 0 Å². The van der Waals surface area contributed by atoms with Crippen LogP contribution in [0, 0.1) is 13.8 Å². The average molecular weight is 285 g/mol. The molecule has 1 amide bonds. The monoisotopic (exact) mass is 285 g/mol. The van der Waals surface area contributed by atoms with Crippen molar-refractivity contribution in [3.63, 3.8) is 0 Å². The molecule has 1 saturated heterocycles. The number of rotatable bonds is 2. The lowest BCUT2D eigenvalue weighted by molar-refractivity contribution is 0.0671. The predicted octanol–water partition coefficient (Wildman–Crippen LogP) is 1.77. The van der Waals surface area contributed by atoms with Crippen molar-refractivity contribution in [3.8, 4) is 0 Å². The standard InChI is InChI=1S/C15H19N5O/c1-11-6-18-20(8-11)13-4-3-5-19(9-13)15(21)14-7-16-10-17-12(14)2/h6-8,10,13H,3-5,9H2,1-2H3. The molecule has 3 rings (SSSR count). The summed E-state index contributed by atoms with van der Waals surface area (Å²) in [5.41, 5.74) is 2.47. The molecule has 0 aliphatic carbocycles. The van der Waals surface area contributed by atoms with E-state index in [4.69, 9.17) is 0 Å². The fraction of sp³-hybridized carbons (Fsp3) is 0.467. The van der Waals surface area contributed by atoms with Gasteiger partial charge in [-0.05, 0) is 32.3 Å². The van der Waals surface area contributed by atoms with Crippen LogP contribution in [0.25, 0.3) is 0 Å². The molecule has 1 atom stereocenters.